The van der Waals surface area contributed by atoms with Gasteiger partial charge in [-0.05, 0) is 23.1 Å². The first-order valence-electron chi connectivity index (χ1n) is 5.05. The van der Waals surface area contributed by atoms with E-state index >= 15 is 0 Å². The summed E-state index contributed by atoms with van der Waals surface area (Å²) in [5.74, 6) is 0. The second-order valence-electron chi connectivity index (χ2n) is 3.63. The maximum absolute atomic E-state index is 11.6. The number of rotatable bonds is 1. The summed E-state index contributed by atoms with van der Waals surface area (Å²) in [7, 11) is 0. The Bertz CT molecular complexity index is 680. The molecule has 0 aliphatic heterocycles. The number of fused-ring (bicyclic) bond motifs is 1. The average Bonchev–Trinajstić information content (AvgIpc) is 2.87. The number of benzene rings is 1. The van der Waals surface area contributed by atoms with Crippen LogP contribution < -0.4 is 9.46 Å². The number of thiophene rings is 1. The van der Waals surface area contributed by atoms with E-state index in [1.165, 1.54) is 12.4 Å². The molecule has 2 aromatic heterocycles. The summed E-state index contributed by atoms with van der Waals surface area (Å²) < 4.78 is 1.41. The molecule has 0 N–H and O–H groups in total. The Kier molecular flexibility index (Phi) is 2.19. The highest BCUT2D eigenvalue weighted by atomic mass is 32.1. The van der Waals surface area contributed by atoms with Crippen LogP contribution in [0.3, 0.4) is 0 Å². The van der Waals surface area contributed by atoms with Crippen LogP contribution >= 0.6 is 11.3 Å². The molecule has 0 saturated carbocycles. The van der Waals surface area contributed by atoms with Crippen molar-refractivity contribution in [3.8, 4) is 10.4 Å². The largest absolute Gasteiger partial charge is 0.618 e. The lowest BCUT2D eigenvalue weighted by molar-refractivity contribution is -0.628. The molecule has 5 heteroatoms. The Labute approximate surface area is 101 Å². The van der Waals surface area contributed by atoms with Gasteiger partial charge >= 0.3 is 0 Å². The van der Waals surface area contributed by atoms with E-state index in [0.29, 0.717) is 20.5 Å². The Morgan fingerprint density at radius 1 is 0.941 bits per heavy atom. The molecule has 0 amide bonds. The Hall–Kier alpha value is -2.14. The van der Waals surface area contributed by atoms with Crippen molar-refractivity contribution in [2.45, 2.75) is 0 Å². The lowest BCUT2D eigenvalue weighted by Crippen LogP contribution is -2.36. The first-order valence-corrected chi connectivity index (χ1v) is 5.92. The van der Waals surface area contributed by atoms with Crippen molar-refractivity contribution in [3.63, 3.8) is 0 Å². The second-order valence-corrected chi connectivity index (χ2v) is 4.58. The molecule has 0 spiro atoms. The Morgan fingerprint density at radius 2 is 1.71 bits per heavy atom. The van der Waals surface area contributed by atoms with Crippen LogP contribution in [-0.4, -0.2) is 0 Å². The zero-order valence-electron chi connectivity index (χ0n) is 8.74. The number of hydrogen-bond donors (Lipinski definition) is 0. The summed E-state index contributed by atoms with van der Waals surface area (Å²) in [5.41, 5.74) is 1.71. The van der Waals surface area contributed by atoms with E-state index in [1.54, 1.807) is 23.5 Å². The first-order chi connectivity index (χ1) is 8.25. The molecule has 0 saturated heterocycles. The van der Waals surface area contributed by atoms with Gasteiger partial charge in [0, 0.05) is 17.0 Å². The number of hydrogen-bond acceptors (Lipinski definition) is 3. The van der Waals surface area contributed by atoms with Gasteiger partial charge in [-0.1, -0.05) is 6.07 Å². The minimum Gasteiger partial charge on any atom is -0.618 e. The van der Waals surface area contributed by atoms with Gasteiger partial charge in [0.25, 0.3) is 11.0 Å². The van der Waals surface area contributed by atoms with Crippen LogP contribution in [0.15, 0.2) is 48.1 Å². The Morgan fingerprint density at radius 3 is 2.41 bits per heavy atom. The lowest BCUT2D eigenvalue weighted by atomic mass is 10.1. The molecule has 0 radical (unpaired) electrons. The van der Waals surface area contributed by atoms with E-state index in [1.807, 2.05) is 23.6 Å². The molecule has 4 nitrogen and oxygen atoms in total. The molecule has 0 aliphatic rings. The molecule has 1 aromatic carbocycles. The second kappa shape index (κ2) is 3.71. The number of nitrogens with zero attached hydrogens (tertiary/aromatic N) is 2. The third kappa shape index (κ3) is 1.60. The fourth-order valence-electron chi connectivity index (χ4n) is 1.76. The van der Waals surface area contributed by atoms with E-state index in [9.17, 15) is 10.4 Å². The molecule has 3 rings (SSSR count). The minimum absolute atomic E-state index is 0.378. The Balaban J connectivity index is 2.29. The zero-order chi connectivity index (χ0) is 11.8. The quantitative estimate of drug-likeness (QED) is 0.484. The molecule has 17 heavy (non-hydrogen) atoms. The topological polar surface area (TPSA) is 53.9 Å². The molecule has 0 fully saturated rings. The van der Waals surface area contributed by atoms with Crippen molar-refractivity contribution in [2.24, 2.45) is 0 Å². The maximum atomic E-state index is 11.6. The lowest BCUT2D eigenvalue weighted by Gasteiger charge is -2.03. The van der Waals surface area contributed by atoms with Crippen molar-refractivity contribution in [3.05, 3.63) is 58.5 Å². The van der Waals surface area contributed by atoms with Gasteiger partial charge < -0.3 is 10.4 Å². The van der Waals surface area contributed by atoms with Gasteiger partial charge in [-0.15, -0.1) is 11.3 Å². The third-order valence-electron chi connectivity index (χ3n) is 2.59. The molecule has 2 heterocycles. The summed E-state index contributed by atoms with van der Waals surface area (Å²) in [5, 5.41) is 25.1. The van der Waals surface area contributed by atoms with E-state index in [-0.39, 0.29) is 0 Å². The summed E-state index contributed by atoms with van der Waals surface area (Å²) in [4.78, 5) is 1.08. The predicted molar refractivity (Wildman–Crippen MR) is 65.2 cm³/mol. The zero-order valence-corrected chi connectivity index (χ0v) is 9.55. The van der Waals surface area contributed by atoms with E-state index in [2.05, 4.69) is 0 Å². The van der Waals surface area contributed by atoms with Gasteiger partial charge in [0.2, 0.25) is 12.4 Å². The highest BCUT2D eigenvalue weighted by Gasteiger charge is 2.13. The molecule has 0 atom stereocenters. The van der Waals surface area contributed by atoms with Crippen molar-refractivity contribution >= 4 is 22.4 Å². The first kappa shape index (κ1) is 10.0. The average molecular weight is 244 g/mol. The van der Waals surface area contributed by atoms with Gasteiger partial charge in [-0.3, -0.25) is 0 Å². The van der Waals surface area contributed by atoms with Gasteiger partial charge in [-0.2, -0.15) is 9.46 Å². The summed E-state index contributed by atoms with van der Waals surface area (Å²) in [6.07, 6.45) is 2.42. The number of aromatic nitrogens is 2. The van der Waals surface area contributed by atoms with Crippen molar-refractivity contribution in [1.29, 1.82) is 0 Å². The van der Waals surface area contributed by atoms with Crippen LogP contribution in [0.2, 0.25) is 0 Å². The fraction of sp³-hybridized carbons (Fsp3) is 0. The molecule has 0 unspecified atom stereocenters. The normalized spacial score (nSPS) is 10.8. The smallest absolute Gasteiger partial charge is 0.290 e. The van der Waals surface area contributed by atoms with Crippen molar-refractivity contribution in [2.75, 3.05) is 0 Å². The molecule has 3 aromatic rings. The van der Waals surface area contributed by atoms with E-state index in [0.717, 1.165) is 10.4 Å². The highest BCUT2D eigenvalue weighted by molar-refractivity contribution is 7.13. The van der Waals surface area contributed by atoms with E-state index in [4.69, 9.17) is 0 Å². The molecular weight excluding hydrogens is 236 g/mol. The summed E-state index contributed by atoms with van der Waals surface area (Å²) in [6, 6.07) is 9.19. The maximum Gasteiger partial charge on any atom is 0.290 e. The third-order valence-corrected chi connectivity index (χ3v) is 3.51. The van der Waals surface area contributed by atoms with Crippen molar-refractivity contribution in [1.82, 2.24) is 0 Å². The van der Waals surface area contributed by atoms with E-state index < -0.39 is 0 Å². The van der Waals surface area contributed by atoms with Crippen molar-refractivity contribution < 1.29 is 9.46 Å². The standard InChI is InChI=1S/C12H8N2O2S/c15-13-5-6-14(16)11-8-9(3-4-10(11)13)12-2-1-7-17-12/h1-8H. The predicted octanol–water partition coefficient (Wildman–Crippen LogP) is 1.84. The molecule has 0 aliphatic carbocycles. The van der Waals surface area contributed by atoms with Crippen LogP contribution in [0.5, 0.6) is 0 Å². The molecule has 0 bridgehead atoms. The monoisotopic (exact) mass is 244 g/mol. The van der Waals surface area contributed by atoms with Gasteiger partial charge in [0.05, 0.1) is 0 Å². The van der Waals surface area contributed by atoms with Gasteiger partial charge in [0.1, 0.15) is 0 Å². The van der Waals surface area contributed by atoms with Crippen LogP contribution in [0.25, 0.3) is 21.5 Å². The van der Waals surface area contributed by atoms with Crippen LogP contribution in [0.1, 0.15) is 0 Å². The molecule has 84 valence electrons. The highest BCUT2D eigenvalue weighted by Crippen LogP contribution is 2.25. The van der Waals surface area contributed by atoms with Crippen LogP contribution in [0.4, 0.5) is 0 Å². The molecular formula is C12H8N2O2S. The summed E-state index contributed by atoms with van der Waals surface area (Å²) >= 11 is 1.60. The van der Waals surface area contributed by atoms with Gasteiger partial charge in [-0.25, -0.2) is 0 Å². The van der Waals surface area contributed by atoms with Crippen LogP contribution in [0, 0.1) is 10.4 Å². The minimum atomic E-state index is 0.378. The summed E-state index contributed by atoms with van der Waals surface area (Å²) in [6.45, 7) is 0. The SMILES string of the molecule is [O-][n+]1cc[n+]([O-])c2cc(-c3cccs3)ccc21. The fourth-order valence-corrected chi connectivity index (χ4v) is 2.49. The van der Waals surface area contributed by atoms with Gasteiger partial charge in [0.15, 0.2) is 0 Å². The van der Waals surface area contributed by atoms with Crippen LogP contribution in [-0.2, 0) is 0 Å².